The highest BCUT2D eigenvalue weighted by Gasteiger charge is 2.25. The van der Waals surface area contributed by atoms with Gasteiger partial charge in [-0.1, -0.05) is 25.5 Å². The van der Waals surface area contributed by atoms with Crippen LogP contribution in [0.1, 0.15) is 70.2 Å². The van der Waals surface area contributed by atoms with Gasteiger partial charge in [-0.2, -0.15) is 5.26 Å². The van der Waals surface area contributed by atoms with Crippen LogP contribution in [0, 0.1) is 25.2 Å². The van der Waals surface area contributed by atoms with Gasteiger partial charge in [-0.25, -0.2) is 4.79 Å². The molecule has 3 aromatic rings. The number of nitrogens with zero attached hydrogens (tertiary/aromatic N) is 3. The van der Waals surface area contributed by atoms with E-state index in [1.807, 2.05) is 39.8 Å². The number of aromatic amines is 1. The quantitative estimate of drug-likeness (QED) is 0.578. The van der Waals surface area contributed by atoms with Gasteiger partial charge in [0.2, 0.25) is 5.78 Å². The van der Waals surface area contributed by atoms with Crippen LogP contribution in [0.25, 0.3) is 0 Å². The minimum absolute atomic E-state index is 0.0973. The van der Waals surface area contributed by atoms with Gasteiger partial charge in [0.1, 0.15) is 5.69 Å². The Balaban J connectivity index is 2.23. The molecule has 2 aromatic heterocycles. The van der Waals surface area contributed by atoms with E-state index < -0.39 is 11.2 Å². The normalized spacial score (nSPS) is 10.9. The fourth-order valence-corrected chi connectivity index (χ4v) is 3.88. The highest BCUT2D eigenvalue weighted by atomic mass is 16.2. The van der Waals surface area contributed by atoms with E-state index in [0.29, 0.717) is 18.4 Å². The molecule has 0 unspecified atom stereocenters. The van der Waals surface area contributed by atoms with Crippen LogP contribution >= 0.6 is 0 Å². The molecule has 0 aliphatic rings. The van der Waals surface area contributed by atoms with Gasteiger partial charge in [0, 0.05) is 29.4 Å². The average molecular weight is 431 g/mol. The number of aryl methyl sites for hydroxylation is 3. The summed E-state index contributed by atoms with van der Waals surface area (Å²) in [6, 6.07) is 11.2. The molecule has 1 N–H and O–H groups in total. The molecule has 1 aromatic carbocycles. The highest BCUT2D eigenvalue weighted by molar-refractivity contribution is 6.09. The fraction of sp³-hybridized carbons (Fsp3) is 0.320. The maximum Gasteiger partial charge on any atom is 0.329 e. The van der Waals surface area contributed by atoms with Crippen molar-refractivity contribution in [3.8, 4) is 6.07 Å². The van der Waals surface area contributed by atoms with E-state index in [1.165, 1.54) is 4.57 Å². The number of hydrogen-bond acceptors (Lipinski definition) is 5. The van der Waals surface area contributed by atoms with Crippen LogP contribution < -0.4 is 11.2 Å². The topological polar surface area (TPSA) is 109 Å². The molecular weight excluding hydrogens is 404 g/mol. The molecule has 7 nitrogen and oxygen atoms in total. The van der Waals surface area contributed by atoms with Crippen molar-refractivity contribution in [1.29, 1.82) is 5.26 Å². The maximum absolute atomic E-state index is 13.7. The second kappa shape index (κ2) is 9.56. The van der Waals surface area contributed by atoms with Gasteiger partial charge in [0.05, 0.1) is 12.6 Å². The first-order valence-electron chi connectivity index (χ1n) is 10.5. The van der Waals surface area contributed by atoms with Crippen molar-refractivity contribution in [2.45, 2.75) is 53.0 Å². The van der Waals surface area contributed by atoms with Crippen LogP contribution in [0.15, 0.2) is 46.1 Å². The summed E-state index contributed by atoms with van der Waals surface area (Å²) in [6.07, 6.45) is 2.51. The Labute approximate surface area is 186 Å². The molecule has 0 bridgehead atoms. The lowest BCUT2D eigenvalue weighted by atomic mass is 9.94. The lowest BCUT2D eigenvalue weighted by Gasteiger charge is -2.18. The van der Waals surface area contributed by atoms with E-state index in [1.54, 1.807) is 24.4 Å². The monoisotopic (exact) mass is 430 g/mol. The van der Waals surface area contributed by atoms with Gasteiger partial charge < -0.3 is 0 Å². The van der Waals surface area contributed by atoms with Gasteiger partial charge in [-0.3, -0.25) is 24.1 Å². The third kappa shape index (κ3) is 4.92. The summed E-state index contributed by atoms with van der Waals surface area (Å²) >= 11 is 0. The molecule has 0 atom stereocenters. The zero-order valence-electron chi connectivity index (χ0n) is 18.7. The highest BCUT2D eigenvalue weighted by Crippen LogP contribution is 2.21. The largest absolute Gasteiger partial charge is 0.329 e. The number of nitriles is 1. The molecule has 32 heavy (non-hydrogen) atoms. The van der Waals surface area contributed by atoms with Crippen LogP contribution in [0.5, 0.6) is 0 Å². The standard InChI is InChI=1S/C25H26N4O3/c1-15(2)21-22(23(30)20-11-16(3)10-18(13-20)6-5-8-26)29(25(32)28-24(21)31)14-19-7-9-27-17(4)12-19/h7,9-13,15H,5-6,14H2,1-4H3,(H,28,31,32). The summed E-state index contributed by atoms with van der Waals surface area (Å²) in [6.45, 7) is 7.50. The summed E-state index contributed by atoms with van der Waals surface area (Å²) in [4.78, 5) is 45.8. The number of aromatic nitrogens is 3. The Kier molecular flexibility index (Phi) is 6.84. The zero-order chi connectivity index (χ0) is 23.4. The molecule has 0 aliphatic carbocycles. The van der Waals surface area contributed by atoms with Crippen molar-refractivity contribution in [3.63, 3.8) is 0 Å². The molecule has 0 saturated heterocycles. The van der Waals surface area contributed by atoms with Crippen LogP contribution in [-0.4, -0.2) is 20.3 Å². The summed E-state index contributed by atoms with van der Waals surface area (Å²) in [5.74, 6) is -0.656. The molecule has 0 saturated carbocycles. The Bertz CT molecular complexity index is 1330. The van der Waals surface area contributed by atoms with Crippen molar-refractivity contribution >= 4 is 5.78 Å². The van der Waals surface area contributed by atoms with Crippen molar-refractivity contribution in [3.05, 3.63) is 96.6 Å². The smallest absolute Gasteiger partial charge is 0.287 e. The predicted octanol–water partition coefficient (Wildman–Crippen LogP) is 3.41. The summed E-state index contributed by atoms with van der Waals surface area (Å²) in [5, 5.41) is 8.91. The van der Waals surface area contributed by atoms with Crippen LogP contribution in [0.4, 0.5) is 0 Å². The number of benzene rings is 1. The fourth-order valence-electron chi connectivity index (χ4n) is 3.88. The number of hydrogen-bond donors (Lipinski definition) is 1. The van der Waals surface area contributed by atoms with Crippen LogP contribution in [-0.2, 0) is 13.0 Å². The van der Waals surface area contributed by atoms with E-state index in [2.05, 4.69) is 16.0 Å². The molecule has 3 rings (SSSR count). The minimum Gasteiger partial charge on any atom is -0.287 e. The molecule has 164 valence electrons. The Morgan fingerprint density at radius 2 is 1.91 bits per heavy atom. The van der Waals surface area contributed by atoms with Gasteiger partial charge in [-0.05, 0) is 61.6 Å². The van der Waals surface area contributed by atoms with E-state index in [-0.39, 0.29) is 29.5 Å². The summed E-state index contributed by atoms with van der Waals surface area (Å²) < 4.78 is 1.34. The molecule has 0 aliphatic heterocycles. The van der Waals surface area contributed by atoms with E-state index in [9.17, 15) is 14.4 Å². The van der Waals surface area contributed by atoms with E-state index in [4.69, 9.17) is 5.26 Å². The van der Waals surface area contributed by atoms with Crippen molar-refractivity contribution < 1.29 is 4.79 Å². The summed E-state index contributed by atoms with van der Waals surface area (Å²) in [5.41, 5.74) is 2.92. The van der Waals surface area contributed by atoms with E-state index in [0.717, 1.165) is 22.4 Å². The molecule has 0 fully saturated rings. The molecule has 2 heterocycles. The Morgan fingerprint density at radius 1 is 1.16 bits per heavy atom. The van der Waals surface area contributed by atoms with Gasteiger partial charge in [0.15, 0.2) is 0 Å². The molecule has 7 heteroatoms. The lowest BCUT2D eigenvalue weighted by Crippen LogP contribution is -2.38. The van der Waals surface area contributed by atoms with Crippen LogP contribution in [0.3, 0.4) is 0 Å². The van der Waals surface area contributed by atoms with Crippen LogP contribution in [0.2, 0.25) is 0 Å². The van der Waals surface area contributed by atoms with Gasteiger partial charge in [0.25, 0.3) is 5.56 Å². The maximum atomic E-state index is 13.7. The average Bonchev–Trinajstić information content (AvgIpc) is 2.72. The number of rotatable bonds is 7. The van der Waals surface area contributed by atoms with Crippen molar-refractivity contribution in [1.82, 2.24) is 14.5 Å². The van der Waals surface area contributed by atoms with Gasteiger partial charge >= 0.3 is 5.69 Å². The van der Waals surface area contributed by atoms with Crippen molar-refractivity contribution in [2.75, 3.05) is 0 Å². The van der Waals surface area contributed by atoms with E-state index >= 15 is 0 Å². The number of carbonyl (C=O) groups excluding carboxylic acids is 1. The number of nitrogens with one attached hydrogen (secondary N) is 1. The van der Waals surface area contributed by atoms with Crippen molar-refractivity contribution in [2.24, 2.45) is 0 Å². The first-order valence-corrected chi connectivity index (χ1v) is 10.5. The summed E-state index contributed by atoms with van der Waals surface area (Å²) in [7, 11) is 0. The number of H-pyrrole nitrogens is 1. The molecule has 0 amide bonds. The Morgan fingerprint density at radius 3 is 2.56 bits per heavy atom. The Hall–Kier alpha value is -3.79. The minimum atomic E-state index is -0.630. The first-order chi connectivity index (χ1) is 15.2. The predicted molar refractivity (Wildman–Crippen MR) is 122 cm³/mol. The number of carbonyl (C=O) groups is 1. The zero-order valence-corrected chi connectivity index (χ0v) is 18.7. The lowest BCUT2D eigenvalue weighted by molar-refractivity contribution is 0.102. The third-order valence-corrected chi connectivity index (χ3v) is 5.25. The second-order valence-corrected chi connectivity index (χ2v) is 8.26. The number of pyridine rings is 1. The molecule has 0 radical (unpaired) electrons. The second-order valence-electron chi connectivity index (χ2n) is 8.26. The molecular formula is C25H26N4O3. The first kappa shape index (κ1) is 22.9. The SMILES string of the molecule is Cc1cc(CCC#N)cc(C(=O)c2c(C(C)C)c(=O)[nH]c(=O)n2Cc2ccnc(C)c2)c1. The number of ketones is 1. The molecule has 0 spiro atoms. The third-order valence-electron chi connectivity index (χ3n) is 5.25. The van der Waals surface area contributed by atoms with Gasteiger partial charge in [-0.15, -0.1) is 0 Å².